The summed E-state index contributed by atoms with van der Waals surface area (Å²) in [7, 11) is 0. The average molecular weight is 224 g/mol. The normalized spacial score (nSPS) is 45.7. The molecule has 1 heterocycles. The molecule has 1 saturated heterocycles. The molecule has 4 nitrogen and oxygen atoms in total. The van der Waals surface area contributed by atoms with Crippen LogP contribution in [-0.4, -0.2) is 24.6 Å². The number of hydrogen-bond acceptors (Lipinski definition) is 4. The summed E-state index contributed by atoms with van der Waals surface area (Å²) >= 11 is 0. The molecule has 0 aromatic heterocycles. The lowest BCUT2D eigenvalue weighted by Crippen LogP contribution is -2.65. The third kappa shape index (κ3) is 0.865. The molecule has 2 saturated carbocycles. The van der Waals surface area contributed by atoms with Crippen LogP contribution in [0.25, 0.3) is 0 Å². The van der Waals surface area contributed by atoms with E-state index in [0.717, 1.165) is 25.7 Å². The first-order valence-corrected chi connectivity index (χ1v) is 6.06. The molecule has 3 rings (SSSR count). The number of cyclic esters (lactones) is 2. The van der Waals surface area contributed by atoms with Gasteiger partial charge in [0.25, 0.3) is 0 Å². The van der Waals surface area contributed by atoms with Crippen LogP contribution in [0.3, 0.4) is 0 Å². The number of esters is 2. The van der Waals surface area contributed by atoms with Gasteiger partial charge in [0.1, 0.15) is 5.41 Å². The van der Waals surface area contributed by atoms with Crippen molar-refractivity contribution >= 4 is 11.9 Å². The fourth-order valence-electron chi connectivity index (χ4n) is 3.88. The summed E-state index contributed by atoms with van der Waals surface area (Å²) in [6.07, 6.45) is 4.13. The molecule has 2 aliphatic carbocycles. The van der Waals surface area contributed by atoms with E-state index in [0.29, 0.717) is 13.0 Å². The van der Waals surface area contributed by atoms with E-state index in [1.807, 2.05) is 6.92 Å². The van der Waals surface area contributed by atoms with Gasteiger partial charge in [-0.15, -0.1) is 0 Å². The van der Waals surface area contributed by atoms with Gasteiger partial charge in [-0.3, -0.25) is 9.59 Å². The Labute approximate surface area is 94.3 Å². The van der Waals surface area contributed by atoms with Crippen LogP contribution in [0.2, 0.25) is 0 Å². The maximum absolute atomic E-state index is 12.0. The molecule has 3 aliphatic rings. The van der Waals surface area contributed by atoms with Crippen molar-refractivity contribution in [3.8, 4) is 0 Å². The predicted octanol–water partition coefficient (Wildman–Crippen LogP) is 1.43. The Hall–Kier alpha value is -0.900. The zero-order valence-electron chi connectivity index (χ0n) is 9.45. The minimum absolute atomic E-state index is 0.100. The van der Waals surface area contributed by atoms with Crippen LogP contribution >= 0.6 is 0 Å². The van der Waals surface area contributed by atoms with Crippen molar-refractivity contribution in [1.82, 2.24) is 0 Å². The molecule has 0 aromatic rings. The highest BCUT2D eigenvalue weighted by Gasteiger charge is 2.79. The van der Waals surface area contributed by atoms with Crippen molar-refractivity contribution in [2.45, 2.75) is 45.1 Å². The predicted molar refractivity (Wildman–Crippen MR) is 54.5 cm³/mol. The maximum atomic E-state index is 12.0. The number of carbonyl (C=O) groups is 2. The first-order valence-electron chi connectivity index (χ1n) is 6.06. The van der Waals surface area contributed by atoms with E-state index in [-0.39, 0.29) is 18.0 Å². The first kappa shape index (κ1) is 10.3. The molecule has 0 aromatic carbocycles. The highest BCUT2D eigenvalue weighted by atomic mass is 16.6. The lowest BCUT2D eigenvalue weighted by Gasteiger charge is -2.57. The van der Waals surface area contributed by atoms with E-state index in [1.54, 1.807) is 0 Å². The molecule has 88 valence electrons. The van der Waals surface area contributed by atoms with E-state index in [1.165, 1.54) is 0 Å². The molecule has 3 atom stereocenters. The van der Waals surface area contributed by atoms with Crippen molar-refractivity contribution in [2.24, 2.45) is 10.8 Å². The van der Waals surface area contributed by atoms with Crippen LogP contribution in [0, 0.1) is 10.8 Å². The molecule has 16 heavy (non-hydrogen) atoms. The molecule has 0 N–H and O–H groups in total. The van der Waals surface area contributed by atoms with Gasteiger partial charge < -0.3 is 9.47 Å². The van der Waals surface area contributed by atoms with Crippen molar-refractivity contribution in [2.75, 3.05) is 6.61 Å². The van der Waals surface area contributed by atoms with Crippen molar-refractivity contribution < 1.29 is 19.1 Å². The van der Waals surface area contributed by atoms with Crippen LogP contribution in [0.4, 0.5) is 0 Å². The fraction of sp³-hybridized carbons (Fsp3) is 0.833. The van der Waals surface area contributed by atoms with Crippen molar-refractivity contribution in [3.05, 3.63) is 0 Å². The zero-order valence-corrected chi connectivity index (χ0v) is 9.45. The highest BCUT2D eigenvalue weighted by molar-refractivity contribution is 6.04. The number of ether oxygens (including phenoxy) is 2. The van der Waals surface area contributed by atoms with Crippen molar-refractivity contribution in [3.63, 3.8) is 0 Å². The highest BCUT2D eigenvalue weighted by Crippen LogP contribution is 2.69. The molecule has 0 radical (unpaired) electrons. The van der Waals surface area contributed by atoms with Gasteiger partial charge >= 0.3 is 11.9 Å². The summed E-state index contributed by atoms with van der Waals surface area (Å²) in [5.41, 5.74) is -1.15. The van der Waals surface area contributed by atoms with Crippen molar-refractivity contribution in [1.29, 1.82) is 0 Å². The van der Waals surface area contributed by atoms with E-state index >= 15 is 0 Å². The summed E-state index contributed by atoms with van der Waals surface area (Å²) in [6.45, 7) is 2.51. The second-order valence-electron chi connectivity index (χ2n) is 5.09. The van der Waals surface area contributed by atoms with Gasteiger partial charge in [0, 0.05) is 6.61 Å². The summed E-state index contributed by atoms with van der Waals surface area (Å²) in [5, 5.41) is 0. The standard InChI is InChI=1S/C12H16O4/c1-2-15-8-7-11-5-3-4-6-12(8,11)10(14)16-9(11)13/h8H,2-7H2,1H3/t8-,11+,12+/m0/s1. The Morgan fingerprint density at radius 2 is 2.06 bits per heavy atom. The van der Waals surface area contributed by atoms with Gasteiger partial charge in [0.15, 0.2) is 0 Å². The van der Waals surface area contributed by atoms with Gasteiger partial charge in [-0.1, -0.05) is 12.8 Å². The van der Waals surface area contributed by atoms with Crippen LogP contribution in [0.5, 0.6) is 0 Å². The molecule has 0 spiro atoms. The Kier molecular flexibility index (Phi) is 1.97. The van der Waals surface area contributed by atoms with Gasteiger partial charge in [0.2, 0.25) is 0 Å². The average Bonchev–Trinajstić information content (AvgIpc) is 2.42. The molecule has 0 amide bonds. The molecule has 0 unspecified atom stereocenters. The summed E-state index contributed by atoms with van der Waals surface area (Å²) in [6, 6.07) is 0. The molecule has 1 aliphatic heterocycles. The van der Waals surface area contributed by atoms with Gasteiger partial charge in [-0.05, 0) is 26.2 Å². The molecular weight excluding hydrogens is 208 g/mol. The minimum atomic E-state index is -0.627. The Balaban J connectivity index is 2.01. The Morgan fingerprint density at radius 1 is 1.31 bits per heavy atom. The Bertz CT molecular complexity index is 364. The topological polar surface area (TPSA) is 52.6 Å². The minimum Gasteiger partial charge on any atom is -0.392 e. The summed E-state index contributed by atoms with van der Waals surface area (Å²) < 4.78 is 10.5. The van der Waals surface area contributed by atoms with Crippen LogP contribution in [-0.2, 0) is 19.1 Å². The SMILES string of the molecule is CCO[C@H]1C[C@@]23CCCC[C@]12C(=O)OC3=O. The van der Waals surface area contributed by atoms with Crippen LogP contribution < -0.4 is 0 Å². The second kappa shape index (κ2) is 3.06. The molecule has 3 fully saturated rings. The number of carbonyl (C=O) groups excluding carboxylic acids is 2. The van der Waals surface area contributed by atoms with E-state index in [2.05, 4.69) is 0 Å². The van der Waals surface area contributed by atoms with E-state index in [9.17, 15) is 9.59 Å². The number of hydrogen-bond donors (Lipinski definition) is 0. The Morgan fingerprint density at radius 3 is 2.81 bits per heavy atom. The fourth-order valence-corrected chi connectivity index (χ4v) is 3.88. The monoisotopic (exact) mass is 224 g/mol. The second-order valence-corrected chi connectivity index (χ2v) is 5.09. The van der Waals surface area contributed by atoms with Gasteiger partial charge in [-0.2, -0.15) is 0 Å². The lowest BCUT2D eigenvalue weighted by atomic mass is 9.43. The molecular formula is C12H16O4. The third-order valence-corrected chi connectivity index (χ3v) is 4.67. The lowest BCUT2D eigenvalue weighted by molar-refractivity contribution is -0.210. The zero-order chi connectivity index (χ0) is 11.4. The number of rotatable bonds is 2. The smallest absolute Gasteiger partial charge is 0.323 e. The third-order valence-electron chi connectivity index (χ3n) is 4.67. The summed E-state index contributed by atoms with van der Waals surface area (Å²) in [4.78, 5) is 23.8. The summed E-state index contributed by atoms with van der Waals surface area (Å²) in [5.74, 6) is -0.630. The van der Waals surface area contributed by atoms with E-state index < -0.39 is 10.8 Å². The maximum Gasteiger partial charge on any atom is 0.323 e. The van der Waals surface area contributed by atoms with E-state index in [4.69, 9.17) is 9.47 Å². The molecule has 0 bridgehead atoms. The quantitative estimate of drug-likeness (QED) is 0.526. The largest absolute Gasteiger partial charge is 0.392 e. The van der Waals surface area contributed by atoms with Gasteiger partial charge in [-0.25, -0.2) is 0 Å². The molecule has 4 heteroatoms. The van der Waals surface area contributed by atoms with Crippen LogP contribution in [0.15, 0.2) is 0 Å². The van der Waals surface area contributed by atoms with Crippen LogP contribution in [0.1, 0.15) is 39.0 Å². The first-order chi connectivity index (χ1) is 7.67. The van der Waals surface area contributed by atoms with Gasteiger partial charge in [0.05, 0.1) is 11.5 Å².